The molecule has 1 amide bonds. The second-order valence-electron chi connectivity index (χ2n) is 5.89. The van der Waals surface area contributed by atoms with Gasteiger partial charge in [-0.15, -0.1) is 0 Å². The van der Waals surface area contributed by atoms with Gasteiger partial charge in [0, 0.05) is 12.1 Å². The Hall–Kier alpha value is -2.91. The normalized spacial score (nSPS) is 10.4. The van der Waals surface area contributed by atoms with Crippen LogP contribution in [0.3, 0.4) is 0 Å². The van der Waals surface area contributed by atoms with Gasteiger partial charge in [0.25, 0.3) is 5.91 Å². The zero-order valence-electron chi connectivity index (χ0n) is 14.0. The number of rotatable bonds is 6. The fraction of sp³-hybridized carbons (Fsp3) is 0.136. The van der Waals surface area contributed by atoms with E-state index in [1.165, 1.54) is 0 Å². The summed E-state index contributed by atoms with van der Waals surface area (Å²) < 4.78 is 0. The monoisotopic (exact) mass is 331 g/mol. The SMILES string of the molecule is O=C(NCCc1ccc(CO)cc1)c1ccccc1-c1ccccc1. The Morgan fingerprint density at radius 2 is 1.44 bits per heavy atom. The van der Waals surface area contributed by atoms with Crippen molar-refractivity contribution in [3.63, 3.8) is 0 Å². The molecule has 0 bridgehead atoms. The van der Waals surface area contributed by atoms with Gasteiger partial charge in [0.1, 0.15) is 0 Å². The second kappa shape index (κ2) is 8.27. The van der Waals surface area contributed by atoms with Crippen LogP contribution in [0.2, 0.25) is 0 Å². The molecule has 0 spiro atoms. The Morgan fingerprint density at radius 3 is 2.16 bits per heavy atom. The van der Waals surface area contributed by atoms with E-state index in [2.05, 4.69) is 5.32 Å². The van der Waals surface area contributed by atoms with E-state index in [4.69, 9.17) is 5.11 Å². The minimum Gasteiger partial charge on any atom is -0.392 e. The van der Waals surface area contributed by atoms with Crippen molar-refractivity contribution in [2.75, 3.05) is 6.54 Å². The number of carbonyl (C=O) groups is 1. The first kappa shape index (κ1) is 16.9. The van der Waals surface area contributed by atoms with Gasteiger partial charge in [0.2, 0.25) is 0 Å². The lowest BCUT2D eigenvalue weighted by Crippen LogP contribution is -2.26. The summed E-state index contributed by atoms with van der Waals surface area (Å²) in [5.41, 5.74) is 4.68. The number of hydrogen-bond donors (Lipinski definition) is 2. The third-order valence-corrected chi connectivity index (χ3v) is 4.16. The highest BCUT2D eigenvalue weighted by atomic mass is 16.3. The van der Waals surface area contributed by atoms with Crippen molar-refractivity contribution in [2.24, 2.45) is 0 Å². The van der Waals surface area contributed by atoms with Crippen molar-refractivity contribution in [3.8, 4) is 11.1 Å². The number of benzene rings is 3. The maximum absolute atomic E-state index is 12.6. The molecule has 0 radical (unpaired) electrons. The van der Waals surface area contributed by atoms with Gasteiger partial charge >= 0.3 is 0 Å². The van der Waals surface area contributed by atoms with Crippen LogP contribution in [-0.2, 0) is 13.0 Å². The van der Waals surface area contributed by atoms with Crippen LogP contribution >= 0.6 is 0 Å². The first-order valence-electron chi connectivity index (χ1n) is 8.39. The van der Waals surface area contributed by atoms with E-state index in [0.717, 1.165) is 28.7 Å². The maximum atomic E-state index is 12.6. The van der Waals surface area contributed by atoms with E-state index < -0.39 is 0 Å². The highest BCUT2D eigenvalue weighted by Gasteiger charge is 2.11. The van der Waals surface area contributed by atoms with E-state index in [0.29, 0.717) is 12.1 Å². The van der Waals surface area contributed by atoms with Crippen LogP contribution in [0.1, 0.15) is 21.5 Å². The average molecular weight is 331 g/mol. The third kappa shape index (κ3) is 4.34. The molecule has 126 valence electrons. The first-order valence-corrected chi connectivity index (χ1v) is 8.39. The summed E-state index contributed by atoms with van der Waals surface area (Å²) in [6, 6.07) is 25.4. The molecular formula is C22H21NO2. The second-order valence-corrected chi connectivity index (χ2v) is 5.89. The summed E-state index contributed by atoms with van der Waals surface area (Å²) in [6.45, 7) is 0.619. The van der Waals surface area contributed by atoms with Crippen LogP contribution in [-0.4, -0.2) is 17.6 Å². The predicted octanol–water partition coefficient (Wildman–Crippen LogP) is 3.82. The Labute approximate surface area is 148 Å². The molecule has 3 aromatic carbocycles. The smallest absolute Gasteiger partial charge is 0.251 e. The fourth-order valence-electron chi connectivity index (χ4n) is 2.78. The number of carbonyl (C=O) groups excluding carboxylic acids is 1. The summed E-state index contributed by atoms with van der Waals surface area (Å²) in [6.07, 6.45) is 0.755. The summed E-state index contributed by atoms with van der Waals surface area (Å²) in [7, 11) is 0. The standard InChI is InChI=1S/C22H21NO2/c24-16-18-12-10-17(11-13-18)14-15-23-22(25)21-9-5-4-8-20(21)19-6-2-1-3-7-19/h1-13,24H,14-16H2,(H,23,25). The molecule has 3 heteroatoms. The van der Waals surface area contributed by atoms with Gasteiger partial charge in [0.05, 0.1) is 6.61 Å². The minimum absolute atomic E-state index is 0.0489. The molecule has 0 aromatic heterocycles. The number of nitrogens with one attached hydrogen (secondary N) is 1. The van der Waals surface area contributed by atoms with Gasteiger partial charge in [-0.3, -0.25) is 4.79 Å². The highest BCUT2D eigenvalue weighted by Crippen LogP contribution is 2.23. The molecule has 0 saturated carbocycles. The van der Waals surface area contributed by atoms with Crippen molar-refractivity contribution in [1.29, 1.82) is 0 Å². The summed E-state index contributed by atoms with van der Waals surface area (Å²) in [4.78, 5) is 12.6. The van der Waals surface area contributed by atoms with E-state index in [1.807, 2.05) is 78.9 Å². The van der Waals surface area contributed by atoms with Gasteiger partial charge in [-0.1, -0.05) is 72.8 Å². The van der Waals surface area contributed by atoms with Crippen LogP contribution < -0.4 is 5.32 Å². The highest BCUT2D eigenvalue weighted by molar-refractivity contribution is 6.00. The molecule has 0 aliphatic heterocycles. The number of amides is 1. The summed E-state index contributed by atoms with van der Waals surface area (Å²) in [5.74, 6) is -0.0635. The first-order chi connectivity index (χ1) is 12.3. The molecule has 0 aliphatic rings. The molecule has 2 N–H and O–H groups in total. The third-order valence-electron chi connectivity index (χ3n) is 4.16. The van der Waals surface area contributed by atoms with Crippen LogP contribution in [0.5, 0.6) is 0 Å². The van der Waals surface area contributed by atoms with Crippen molar-refractivity contribution in [1.82, 2.24) is 5.32 Å². The van der Waals surface area contributed by atoms with E-state index in [9.17, 15) is 4.79 Å². The van der Waals surface area contributed by atoms with Crippen molar-refractivity contribution < 1.29 is 9.90 Å². The van der Waals surface area contributed by atoms with Crippen LogP contribution in [0.25, 0.3) is 11.1 Å². The molecule has 0 atom stereocenters. The zero-order chi connectivity index (χ0) is 17.5. The molecule has 0 saturated heterocycles. The van der Waals surface area contributed by atoms with Crippen LogP contribution in [0.4, 0.5) is 0 Å². The molecule has 25 heavy (non-hydrogen) atoms. The van der Waals surface area contributed by atoms with Gasteiger partial charge in [-0.2, -0.15) is 0 Å². The minimum atomic E-state index is -0.0635. The molecular weight excluding hydrogens is 310 g/mol. The average Bonchev–Trinajstić information content (AvgIpc) is 2.69. The summed E-state index contributed by atoms with van der Waals surface area (Å²) >= 11 is 0. The lowest BCUT2D eigenvalue weighted by molar-refractivity contribution is 0.0955. The van der Waals surface area contributed by atoms with Crippen LogP contribution in [0.15, 0.2) is 78.9 Å². The molecule has 0 heterocycles. The van der Waals surface area contributed by atoms with E-state index in [1.54, 1.807) is 0 Å². The van der Waals surface area contributed by atoms with Gasteiger partial charge in [-0.25, -0.2) is 0 Å². The van der Waals surface area contributed by atoms with E-state index >= 15 is 0 Å². The Balaban J connectivity index is 1.65. The van der Waals surface area contributed by atoms with Gasteiger partial charge in [0.15, 0.2) is 0 Å². The zero-order valence-corrected chi connectivity index (χ0v) is 14.0. The Morgan fingerprint density at radius 1 is 0.800 bits per heavy atom. The molecule has 3 nitrogen and oxygen atoms in total. The Bertz CT molecular complexity index is 826. The van der Waals surface area contributed by atoms with Crippen LogP contribution in [0, 0.1) is 0 Å². The molecule has 0 unspecified atom stereocenters. The van der Waals surface area contributed by atoms with Gasteiger partial charge < -0.3 is 10.4 Å². The maximum Gasteiger partial charge on any atom is 0.251 e. The largest absolute Gasteiger partial charge is 0.392 e. The lowest BCUT2D eigenvalue weighted by atomic mass is 9.99. The molecule has 0 fully saturated rings. The predicted molar refractivity (Wildman–Crippen MR) is 100 cm³/mol. The van der Waals surface area contributed by atoms with Gasteiger partial charge in [-0.05, 0) is 34.7 Å². The van der Waals surface area contributed by atoms with Crippen molar-refractivity contribution >= 4 is 5.91 Å². The Kier molecular flexibility index (Phi) is 5.60. The molecule has 3 rings (SSSR count). The number of hydrogen-bond acceptors (Lipinski definition) is 2. The van der Waals surface area contributed by atoms with Crippen molar-refractivity contribution in [3.05, 3.63) is 95.6 Å². The van der Waals surface area contributed by atoms with Crippen molar-refractivity contribution in [2.45, 2.75) is 13.0 Å². The number of aliphatic hydroxyl groups is 1. The lowest BCUT2D eigenvalue weighted by Gasteiger charge is -2.10. The fourth-order valence-corrected chi connectivity index (χ4v) is 2.78. The summed E-state index contributed by atoms with van der Waals surface area (Å²) in [5, 5.41) is 12.1. The molecule has 3 aromatic rings. The van der Waals surface area contributed by atoms with E-state index in [-0.39, 0.29) is 12.5 Å². The molecule has 0 aliphatic carbocycles. The topological polar surface area (TPSA) is 49.3 Å². The quantitative estimate of drug-likeness (QED) is 0.721. The number of aliphatic hydroxyl groups excluding tert-OH is 1.